The zero-order valence-electron chi connectivity index (χ0n) is 9.85. The van der Waals surface area contributed by atoms with E-state index in [0.29, 0.717) is 5.82 Å². The molecule has 2 rings (SSSR count). The van der Waals surface area contributed by atoms with Crippen LogP contribution in [0.2, 0.25) is 0 Å². The van der Waals surface area contributed by atoms with Crippen molar-refractivity contribution < 1.29 is 12.3 Å². The molecule has 94 valence electrons. The van der Waals surface area contributed by atoms with E-state index in [1.165, 1.54) is 6.07 Å². The topological polar surface area (TPSA) is 50.3 Å². The highest BCUT2D eigenvalue weighted by atomic mass is 32.3. The van der Waals surface area contributed by atoms with E-state index >= 15 is 0 Å². The van der Waals surface area contributed by atoms with E-state index in [1.54, 1.807) is 6.07 Å². The summed E-state index contributed by atoms with van der Waals surface area (Å²) in [6.45, 7) is 5.12. The van der Waals surface area contributed by atoms with Gasteiger partial charge in [0.05, 0.1) is 6.20 Å². The molecule has 0 atom stereocenters. The number of rotatable bonds is 2. The van der Waals surface area contributed by atoms with Crippen LogP contribution in [0.3, 0.4) is 0 Å². The highest BCUT2D eigenvalue weighted by Gasteiger charge is 2.32. The van der Waals surface area contributed by atoms with Gasteiger partial charge in [0, 0.05) is 12.1 Å². The third-order valence-electron chi connectivity index (χ3n) is 3.18. The Hall–Kier alpha value is -1.17. The van der Waals surface area contributed by atoms with Crippen LogP contribution in [0.25, 0.3) is 0 Å². The van der Waals surface area contributed by atoms with Crippen LogP contribution in [0.15, 0.2) is 23.2 Å². The van der Waals surface area contributed by atoms with Gasteiger partial charge in [-0.2, -0.15) is 8.42 Å². The molecule has 1 fully saturated rings. The van der Waals surface area contributed by atoms with Crippen molar-refractivity contribution in [2.24, 2.45) is 0 Å². The minimum absolute atomic E-state index is 0.0170. The van der Waals surface area contributed by atoms with Gasteiger partial charge in [0.25, 0.3) is 0 Å². The molecule has 0 aliphatic carbocycles. The van der Waals surface area contributed by atoms with E-state index in [1.807, 2.05) is 0 Å². The van der Waals surface area contributed by atoms with Gasteiger partial charge >= 0.3 is 10.2 Å². The molecule has 0 unspecified atom stereocenters. The van der Waals surface area contributed by atoms with Gasteiger partial charge in [-0.3, -0.25) is 0 Å². The second-order valence-corrected chi connectivity index (χ2v) is 6.20. The lowest BCUT2D eigenvalue weighted by Crippen LogP contribution is -2.38. The second-order valence-electron chi connectivity index (χ2n) is 4.86. The quantitative estimate of drug-likeness (QED) is 0.762. The van der Waals surface area contributed by atoms with Crippen LogP contribution in [0, 0.1) is 0 Å². The Bertz CT molecular complexity index is 511. The number of nitrogens with zero attached hydrogens (tertiary/aromatic N) is 2. The van der Waals surface area contributed by atoms with Crippen molar-refractivity contribution in [3.05, 3.63) is 18.3 Å². The first kappa shape index (κ1) is 12.3. The lowest BCUT2D eigenvalue weighted by atomic mass is 10.0. The number of aromatic nitrogens is 1. The standard InChI is InChI=1S/C11H15FN2O2S/c1-11(2)6-3-7-14(11)10-5-4-9(8-13-10)17(12,15)16/h4-5,8H,3,6-7H2,1-2H3. The fraction of sp³-hybridized carbons (Fsp3) is 0.545. The van der Waals surface area contributed by atoms with E-state index in [-0.39, 0.29) is 5.54 Å². The monoisotopic (exact) mass is 258 g/mol. The zero-order valence-corrected chi connectivity index (χ0v) is 10.7. The van der Waals surface area contributed by atoms with Gasteiger partial charge < -0.3 is 4.90 Å². The predicted molar refractivity (Wildman–Crippen MR) is 63.2 cm³/mol. The first-order valence-electron chi connectivity index (χ1n) is 5.49. The van der Waals surface area contributed by atoms with Gasteiger partial charge in [-0.1, -0.05) is 0 Å². The van der Waals surface area contributed by atoms with Crippen LogP contribution < -0.4 is 4.90 Å². The van der Waals surface area contributed by atoms with E-state index in [4.69, 9.17) is 0 Å². The maximum absolute atomic E-state index is 12.7. The van der Waals surface area contributed by atoms with Gasteiger partial charge in [-0.15, -0.1) is 3.89 Å². The third kappa shape index (κ3) is 2.41. The fourth-order valence-corrected chi connectivity index (χ4v) is 2.62. The van der Waals surface area contributed by atoms with Crippen LogP contribution >= 0.6 is 0 Å². The average molecular weight is 258 g/mol. The van der Waals surface area contributed by atoms with Crippen LogP contribution in [0.1, 0.15) is 26.7 Å². The maximum Gasteiger partial charge on any atom is 0.333 e. The van der Waals surface area contributed by atoms with Crippen LogP contribution in [0.5, 0.6) is 0 Å². The smallest absolute Gasteiger partial charge is 0.333 e. The summed E-state index contributed by atoms with van der Waals surface area (Å²) in [5, 5.41) is 0. The Morgan fingerprint density at radius 1 is 1.41 bits per heavy atom. The van der Waals surface area contributed by atoms with E-state index in [9.17, 15) is 12.3 Å². The van der Waals surface area contributed by atoms with Crippen LogP contribution in [0.4, 0.5) is 9.70 Å². The van der Waals surface area contributed by atoms with Gasteiger partial charge in [0.1, 0.15) is 10.7 Å². The van der Waals surface area contributed by atoms with E-state index < -0.39 is 15.1 Å². The molecule has 2 heterocycles. The van der Waals surface area contributed by atoms with Crippen molar-refractivity contribution >= 4 is 16.0 Å². The number of hydrogen-bond donors (Lipinski definition) is 0. The van der Waals surface area contributed by atoms with Crippen molar-refractivity contribution in [3.8, 4) is 0 Å². The Labute approximate surface area is 101 Å². The summed E-state index contributed by atoms with van der Waals surface area (Å²) >= 11 is 0. The molecule has 1 aliphatic heterocycles. The highest BCUT2D eigenvalue weighted by Crippen LogP contribution is 2.32. The molecule has 0 N–H and O–H groups in total. The SMILES string of the molecule is CC1(C)CCCN1c1ccc(S(=O)(=O)F)cn1. The molecule has 1 aromatic heterocycles. The summed E-state index contributed by atoms with van der Waals surface area (Å²) in [5.74, 6) is 0.694. The Morgan fingerprint density at radius 2 is 2.12 bits per heavy atom. The first-order chi connectivity index (χ1) is 7.81. The Morgan fingerprint density at radius 3 is 2.53 bits per heavy atom. The maximum atomic E-state index is 12.7. The van der Waals surface area contributed by atoms with E-state index in [0.717, 1.165) is 25.6 Å². The Balaban J connectivity index is 2.30. The summed E-state index contributed by atoms with van der Waals surface area (Å²) in [6, 6.07) is 2.81. The predicted octanol–water partition coefficient (Wildman–Crippen LogP) is 2.12. The molecule has 0 radical (unpaired) electrons. The van der Waals surface area contributed by atoms with Gasteiger partial charge in [0.15, 0.2) is 0 Å². The molecular weight excluding hydrogens is 243 g/mol. The molecule has 4 nitrogen and oxygen atoms in total. The number of halogens is 1. The second kappa shape index (κ2) is 3.94. The van der Waals surface area contributed by atoms with E-state index in [2.05, 4.69) is 23.7 Å². The van der Waals surface area contributed by atoms with Crippen molar-refractivity contribution in [1.82, 2.24) is 4.98 Å². The van der Waals surface area contributed by atoms with Crippen molar-refractivity contribution in [2.45, 2.75) is 37.1 Å². The molecule has 17 heavy (non-hydrogen) atoms. The van der Waals surface area contributed by atoms with Gasteiger partial charge in [0.2, 0.25) is 0 Å². The van der Waals surface area contributed by atoms with Crippen LogP contribution in [-0.4, -0.2) is 25.5 Å². The van der Waals surface area contributed by atoms with Gasteiger partial charge in [-0.05, 0) is 38.8 Å². The van der Waals surface area contributed by atoms with Crippen LogP contribution in [-0.2, 0) is 10.2 Å². The molecule has 1 aliphatic rings. The van der Waals surface area contributed by atoms with Crippen molar-refractivity contribution in [1.29, 1.82) is 0 Å². The summed E-state index contributed by atoms with van der Waals surface area (Å²) < 4.78 is 34.0. The number of hydrogen-bond acceptors (Lipinski definition) is 4. The molecule has 6 heteroatoms. The molecular formula is C11H15FN2O2S. The number of pyridine rings is 1. The highest BCUT2D eigenvalue weighted by molar-refractivity contribution is 7.86. The van der Waals surface area contributed by atoms with Crippen molar-refractivity contribution in [3.63, 3.8) is 0 Å². The molecule has 0 amide bonds. The molecule has 0 saturated carbocycles. The first-order valence-corrected chi connectivity index (χ1v) is 6.87. The summed E-state index contributed by atoms with van der Waals surface area (Å²) in [6.07, 6.45) is 3.22. The molecule has 0 spiro atoms. The lowest BCUT2D eigenvalue weighted by molar-refractivity contribution is 0.514. The summed E-state index contributed by atoms with van der Waals surface area (Å²) in [7, 11) is -4.65. The molecule has 0 bridgehead atoms. The Kier molecular flexibility index (Phi) is 2.85. The summed E-state index contributed by atoms with van der Waals surface area (Å²) in [4.78, 5) is 5.75. The zero-order chi connectivity index (χ0) is 12.7. The molecule has 0 aromatic carbocycles. The third-order valence-corrected chi connectivity index (χ3v) is 3.98. The van der Waals surface area contributed by atoms with Gasteiger partial charge in [-0.25, -0.2) is 4.98 Å². The van der Waals surface area contributed by atoms with Crippen molar-refractivity contribution in [2.75, 3.05) is 11.4 Å². The molecule has 1 aromatic rings. The number of anilines is 1. The average Bonchev–Trinajstić information content (AvgIpc) is 2.57. The summed E-state index contributed by atoms with van der Waals surface area (Å²) in [5.41, 5.74) is 0.0170. The minimum atomic E-state index is -4.65. The largest absolute Gasteiger partial charge is 0.352 e. The fourth-order valence-electron chi connectivity index (χ4n) is 2.21. The molecule has 1 saturated heterocycles. The minimum Gasteiger partial charge on any atom is -0.352 e. The normalized spacial score (nSPS) is 19.6. The lowest BCUT2D eigenvalue weighted by Gasteiger charge is -2.32.